The van der Waals surface area contributed by atoms with Crippen LogP contribution in [0.2, 0.25) is 5.02 Å². The Bertz CT molecular complexity index is 713. The minimum Gasteiger partial charge on any atom is -0.486 e. The molecule has 2 rings (SSSR count). The molecule has 0 amide bonds. The van der Waals surface area contributed by atoms with Crippen LogP contribution >= 0.6 is 22.3 Å². The van der Waals surface area contributed by atoms with E-state index in [0.717, 1.165) is 12.2 Å². The zero-order chi connectivity index (χ0) is 14.8. The molecule has 0 radical (unpaired) electrons. The van der Waals surface area contributed by atoms with Crippen molar-refractivity contribution in [2.24, 2.45) is 0 Å². The Labute approximate surface area is 126 Å². The molecule has 8 heteroatoms. The van der Waals surface area contributed by atoms with Crippen molar-refractivity contribution in [2.75, 3.05) is 0 Å². The predicted octanol–water partition coefficient (Wildman–Crippen LogP) is 3.06. The first-order valence-corrected chi connectivity index (χ1v) is 8.46. The Morgan fingerprint density at radius 3 is 2.75 bits per heavy atom. The molecule has 0 unspecified atom stereocenters. The van der Waals surface area contributed by atoms with E-state index in [0.29, 0.717) is 12.4 Å². The number of aryl methyl sites for hydroxylation is 1. The van der Waals surface area contributed by atoms with E-state index in [2.05, 4.69) is 4.98 Å². The van der Waals surface area contributed by atoms with Crippen molar-refractivity contribution in [3.05, 3.63) is 41.4 Å². The zero-order valence-electron chi connectivity index (χ0n) is 10.6. The lowest BCUT2D eigenvalue weighted by Crippen LogP contribution is -2.04. The Kier molecular flexibility index (Phi) is 4.57. The third-order valence-electron chi connectivity index (χ3n) is 2.70. The summed E-state index contributed by atoms with van der Waals surface area (Å²) in [4.78, 5) is 3.97. The van der Waals surface area contributed by atoms with Crippen LogP contribution in [0, 0.1) is 0 Å². The molecule has 0 fully saturated rings. The van der Waals surface area contributed by atoms with Gasteiger partial charge in [0.15, 0.2) is 0 Å². The summed E-state index contributed by atoms with van der Waals surface area (Å²) in [5.74, 6) is 0.389. The topological polar surface area (TPSA) is 61.2 Å². The van der Waals surface area contributed by atoms with Crippen molar-refractivity contribution in [3.63, 3.8) is 0 Å². The summed E-state index contributed by atoms with van der Waals surface area (Å²) in [6.45, 7) is 3.08. The standard InChI is InChI=1S/C12H12Cl2N2O3S/c1-2-16-8-15-6-9(16)7-19-12-4-3-10(5-11(12)13)20(14,17)18/h3-6,8H,2,7H2,1H3. The molecule has 0 aliphatic rings. The van der Waals surface area contributed by atoms with Gasteiger partial charge in [0.2, 0.25) is 0 Å². The van der Waals surface area contributed by atoms with Gasteiger partial charge in [0.05, 0.1) is 28.1 Å². The molecule has 0 aliphatic carbocycles. The molecule has 2 aromatic rings. The molecule has 0 saturated heterocycles. The first kappa shape index (κ1) is 15.2. The highest BCUT2D eigenvalue weighted by Gasteiger charge is 2.13. The van der Waals surface area contributed by atoms with Crippen LogP contribution in [0.5, 0.6) is 5.75 Å². The number of ether oxygens (including phenoxy) is 1. The number of halogens is 2. The largest absolute Gasteiger partial charge is 0.486 e. The number of aromatic nitrogens is 2. The predicted molar refractivity (Wildman–Crippen MR) is 76.7 cm³/mol. The molecule has 0 N–H and O–H groups in total. The fraction of sp³-hybridized carbons (Fsp3) is 0.250. The summed E-state index contributed by atoms with van der Waals surface area (Å²) in [5, 5.41) is 0.189. The number of imidazole rings is 1. The highest BCUT2D eigenvalue weighted by Crippen LogP contribution is 2.29. The molecule has 0 spiro atoms. The molecule has 108 valence electrons. The molecule has 1 aromatic heterocycles. The van der Waals surface area contributed by atoms with Crippen LogP contribution in [-0.2, 0) is 22.2 Å². The van der Waals surface area contributed by atoms with Gasteiger partial charge in [0.25, 0.3) is 9.05 Å². The third kappa shape index (κ3) is 3.45. The van der Waals surface area contributed by atoms with E-state index >= 15 is 0 Å². The molecule has 0 atom stereocenters. The molecule has 0 saturated carbocycles. The summed E-state index contributed by atoms with van der Waals surface area (Å²) in [5.41, 5.74) is 0.901. The average Bonchev–Trinajstić information content (AvgIpc) is 2.83. The van der Waals surface area contributed by atoms with Crippen LogP contribution < -0.4 is 4.74 Å². The molecule has 0 bridgehead atoms. The first-order chi connectivity index (χ1) is 9.41. The summed E-state index contributed by atoms with van der Waals surface area (Å²) in [6.07, 6.45) is 3.42. The van der Waals surface area contributed by atoms with Crippen molar-refractivity contribution in [2.45, 2.75) is 25.0 Å². The van der Waals surface area contributed by atoms with Crippen molar-refractivity contribution in [1.82, 2.24) is 9.55 Å². The van der Waals surface area contributed by atoms with Gasteiger partial charge in [-0.15, -0.1) is 0 Å². The van der Waals surface area contributed by atoms with Crippen molar-refractivity contribution in [1.29, 1.82) is 0 Å². The Morgan fingerprint density at radius 2 is 2.15 bits per heavy atom. The lowest BCUT2D eigenvalue weighted by Gasteiger charge is -2.10. The maximum atomic E-state index is 11.2. The van der Waals surface area contributed by atoms with Crippen molar-refractivity contribution in [3.8, 4) is 5.75 Å². The van der Waals surface area contributed by atoms with Gasteiger partial charge >= 0.3 is 0 Å². The lowest BCUT2D eigenvalue weighted by molar-refractivity contribution is 0.295. The van der Waals surface area contributed by atoms with E-state index in [-0.39, 0.29) is 9.92 Å². The Balaban J connectivity index is 2.15. The maximum absolute atomic E-state index is 11.2. The number of hydrogen-bond donors (Lipinski definition) is 0. The summed E-state index contributed by atoms with van der Waals surface area (Å²) < 4.78 is 29.9. The van der Waals surface area contributed by atoms with Gasteiger partial charge in [-0.2, -0.15) is 0 Å². The van der Waals surface area contributed by atoms with Gasteiger partial charge < -0.3 is 9.30 Å². The number of nitrogens with zero attached hydrogens (tertiary/aromatic N) is 2. The average molecular weight is 335 g/mol. The Hall–Kier alpha value is -1.24. The highest BCUT2D eigenvalue weighted by molar-refractivity contribution is 8.13. The van der Waals surface area contributed by atoms with E-state index in [1.807, 2.05) is 11.5 Å². The van der Waals surface area contributed by atoms with Gasteiger partial charge in [-0.25, -0.2) is 13.4 Å². The van der Waals surface area contributed by atoms with Crippen LogP contribution in [0.25, 0.3) is 0 Å². The molecule has 1 heterocycles. The fourth-order valence-electron chi connectivity index (χ4n) is 1.66. The lowest BCUT2D eigenvalue weighted by atomic mass is 10.3. The van der Waals surface area contributed by atoms with Crippen LogP contribution in [0.15, 0.2) is 35.6 Å². The minimum absolute atomic E-state index is 0.0601. The van der Waals surface area contributed by atoms with Crippen LogP contribution in [0.1, 0.15) is 12.6 Å². The van der Waals surface area contributed by atoms with Gasteiger partial charge in [0, 0.05) is 17.2 Å². The second-order valence-corrected chi connectivity index (χ2v) is 6.96. The van der Waals surface area contributed by atoms with Gasteiger partial charge in [-0.3, -0.25) is 0 Å². The molecule has 20 heavy (non-hydrogen) atoms. The summed E-state index contributed by atoms with van der Waals surface area (Å²) in [7, 11) is 1.45. The first-order valence-electron chi connectivity index (χ1n) is 5.78. The quantitative estimate of drug-likeness (QED) is 0.788. The highest BCUT2D eigenvalue weighted by atomic mass is 35.7. The number of benzene rings is 1. The van der Waals surface area contributed by atoms with E-state index in [4.69, 9.17) is 27.0 Å². The second-order valence-electron chi connectivity index (χ2n) is 3.99. The van der Waals surface area contributed by atoms with Gasteiger partial charge in [0.1, 0.15) is 12.4 Å². The summed E-state index contributed by atoms with van der Waals surface area (Å²) in [6, 6.07) is 4.08. The van der Waals surface area contributed by atoms with E-state index in [9.17, 15) is 8.42 Å². The normalized spacial score (nSPS) is 11.6. The monoisotopic (exact) mass is 334 g/mol. The van der Waals surface area contributed by atoms with Crippen LogP contribution in [0.4, 0.5) is 0 Å². The fourth-order valence-corrected chi connectivity index (χ4v) is 2.73. The molecule has 1 aromatic carbocycles. The maximum Gasteiger partial charge on any atom is 0.261 e. The van der Waals surface area contributed by atoms with Crippen molar-refractivity contribution < 1.29 is 13.2 Å². The smallest absolute Gasteiger partial charge is 0.261 e. The second kappa shape index (κ2) is 6.03. The SMILES string of the molecule is CCn1cncc1COc1ccc(S(=O)(=O)Cl)cc1Cl. The zero-order valence-corrected chi connectivity index (χ0v) is 12.9. The molecular formula is C12H12Cl2N2O3S. The minimum atomic E-state index is -3.79. The number of rotatable bonds is 5. The van der Waals surface area contributed by atoms with Gasteiger partial charge in [-0.1, -0.05) is 11.6 Å². The molecule has 0 aliphatic heterocycles. The van der Waals surface area contributed by atoms with Crippen LogP contribution in [-0.4, -0.2) is 18.0 Å². The van der Waals surface area contributed by atoms with Gasteiger partial charge in [-0.05, 0) is 25.1 Å². The Morgan fingerprint density at radius 1 is 1.40 bits per heavy atom. The van der Waals surface area contributed by atoms with Crippen LogP contribution in [0.3, 0.4) is 0 Å². The van der Waals surface area contributed by atoms with E-state index in [1.54, 1.807) is 12.5 Å². The third-order valence-corrected chi connectivity index (χ3v) is 4.35. The van der Waals surface area contributed by atoms with E-state index in [1.165, 1.54) is 18.2 Å². The van der Waals surface area contributed by atoms with Crippen molar-refractivity contribution >= 4 is 31.3 Å². The molecule has 5 nitrogen and oxygen atoms in total. The number of hydrogen-bond acceptors (Lipinski definition) is 4. The molecular weight excluding hydrogens is 323 g/mol. The van der Waals surface area contributed by atoms with E-state index < -0.39 is 9.05 Å². The summed E-state index contributed by atoms with van der Waals surface area (Å²) >= 11 is 5.98.